The first-order chi connectivity index (χ1) is 9.51. The van der Waals surface area contributed by atoms with Gasteiger partial charge in [-0.25, -0.2) is 4.98 Å². The highest BCUT2D eigenvalue weighted by molar-refractivity contribution is 6.31. The van der Waals surface area contributed by atoms with Crippen molar-refractivity contribution in [2.45, 2.75) is 6.92 Å². The molecule has 0 atom stereocenters. The molecule has 0 spiro atoms. The third kappa shape index (κ3) is 2.97. The van der Waals surface area contributed by atoms with E-state index in [-0.39, 0.29) is 11.5 Å². The summed E-state index contributed by atoms with van der Waals surface area (Å²) in [6, 6.07) is 3.36. The van der Waals surface area contributed by atoms with E-state index in [0.29, 0.717) is 16.5 Å². The molecule has 104 valence electrons. The molecule has 7 heteroatoms. The van der Waals surface area contributed by atoms with Gasteiger partial charge in [0, 0.05) is 11.1 Å². The number of aryl methyl sites for hydroxylation is 1. The molecule has 2 aromatic rings. The van der Waals surface area contributed by atoms with Crippen LogP contribution in [0.5, 0.6) is 5.75 Å². The minimum atomic E-state index is -0.426. The molecule has 1 aromatic heterocycles. The van der Waals surface area contributed by atoms with E-state index < -0.39 is 5.91 Å². The topological polar surface area (TPSA) is 90.1 Å². The number of nitrogens with two attached hydrogens (primary N) is 1. The number of benzene rings is 1. The second-order valence-electron chi connectivity index (χ2n) is 4.08. The van der Waals surface area contributed by atoms with Gasteiger partial charge in [-0.15, -0.1) is 0 Å². The number of nitrogen functional groups attached to an aromatic ring is 1. The molecule has 0 saturated heterocycles. The van der Waals surface area contributed by atoms with E-state index in [1.807, 2.05) is 6.92 Å². The van der Waals surface area contributed by atoms with Gasteiger partial charge in [0.25, 0.3) is 5.91 Å². The molecule has 1 heterocycles. The third-order valence-electron chi connectivity index (χ3n) is 2.61. The number of carbonyl (C=O) groups excluding carboxylic acids is 1. The molecule has 1 amide bonds. The first-order valence-electron chi connectivity index (χ1n) is 5.74. The SMILES string of the molecule is COc1cc(Cl)c(C)cc1NC(=O)c1cncc(N)n1. The summed E-state index contributed by atoms with van der Waals surface area (Å²) in [5.41, 5.74) is 6.94. The highest BCUT2D eigenvalue weighted by atomic mass is 35.5. The van der Waals surface area contributed by atoms with Crippen LogP contribution in [0.3, 0.4) is 0 Å². The Labute approximate surface area is 120 Å². The summed E-state index contributed by atoms with van der Waals surface area (Å²) in [4.78, 5) is 19.8. The normalized spacial score (nSPS) is 10.2. The van der Waals surface area contributed by atoms with Gasteiger partial charge >= 0.3 is 0 Å². The van der Waals surface area contributed by atoms with Crippen molar-refractivity contribution in [2.24, 2.45) is 0 Å². The van der Waals surface area contributed by atoms with Crippen LogP contribution >= 0.6 is 11.6 Å². The zero-order chi connectivity index (χ0) is 14.7. The van der Waals surface area contributed by atoms with Crippen LogP contribution in [0.1, 0.15) is 16.1 Å². The molecule has 0 saturated carbocycles. The summed E-state index contributed by atoms with van der Waals surface area (Å²) in [6.07, 6.45) is 2.70. The first-order valence-corrected chi connectivity index (χ1v) is 6.12. The summed E-state index contributed by atoms with van der Waals surface area (Å²) in [6.45, 7) is 1.83. The Hall–Kier alpha value is -2.34. The lowest BCUT2D eigenvalue weighted by molar-refractivity contribution is 0.102. The Bertz CT molecular complexity index is 661. The molecule has 6 nitrogen and oxygen atoms in total. The molecule has 0 radical (unpaired) electrons. The minimum Gasteiger partial charge on any atom is -0.495 e. The second-order valence-corrected chi connectivity index (χ2v) is 4.49. The number of amides is 1. The van der Waals surface area contributed by atoms with E-state index in [1.165, 1.54) is 19.5 Å². The van der Waals surface area contributed by atoms with Gasteiger partial charge in [-0.1, -0.05) is 11.6 Å². The van der Waals surface area contributed by atoms with Crippen LogP contribution in [0.15, 0.2) is 24.5 Å². The number of halogens is 1. The largest absolute Gasteiger partial charge is 0.495 e. The first kappa shape index (κ1) is 14.1. The summed E-state index contributed by atoms with van der Waals surface area (Å²) in [5.74, 6) is 0.215. The summed E-state index contributed by atoms with van der Waals surface area (Å²) in [7, 11) is 1.50. The van der Waals surface area contributed by atoms with Gasteiger partial charge < -0.3 is 15.8 Å². The van der Waals surface area contributed by atoms with Crippen molar-refractivity contribution in [3.8, 4) is 5.75 Å². The Morgan fingerprint density at radius 1 is 1.40 bits per heavy atom. The molecule has 20 heavy (non-hydrogen) atoms. The maximum absolute atomic E-state index is 12.1. The van der Waals surface area contributed by atoms with Gasteiger partial charge in [-0.2, -0.15) is 0 Å². The Morgan fingerprint density at radius 2 is 2.15 bits per heavy atom. The predicted octanol–water partition coefficient (Wildman–Crippen LogP) is 2.28. The van der Waals surface area contributed by atoms with Crippen LogP contribution in [-0.4, -0.2) is 23.0 Å². The number of nitrogens with one attached hydrogen (secondary N) is 1. The van der Waals surface area contributed by atoms with Crippen molar-refractivity contribution in [3.05, 3.63) is 40.8 Å². The Morgan fingerprint density at radius 3 is 2.80 bits per heavy atom. The predicted molar refractivity (Wildman–Crippen MR) is 77.1 cm³/mol. The lowest BCUT2D eigenvalue weighted by atomic mass is 10.2. The average molecular weight is 293 g/mol. The van der Waals surface area contributed by atoms with Crippen LogP contribution in [0.25, 0.3) is 0 Å². The molecule has 2 rings (SSSR count). The minimum absolute atomic E-state index is 0.125. The fourth-order valence-electron chi connectivity index (χ4n) is 1.61. The fourth-order valence-corrected chi connectivity index (χ4v) is 1.76. The monoisotopic (exact) mass is 292 g/mol. The van der Waals surface area contributed by atoms with E-state index in [1.54, 1.807) is 12.1 Å². The zero-order valence-corrected chi connectivity index (χ0v) is 11.7. The number of hydrogen-bond donors (Lipinski definition) is 2. The number of methoxy groups -OCH3 is 1. The average Bonchev–Trinajstić information content (AvgIpc) is 2.42. The van der Waals surface area contributed by atoms with E-state index in [9.17, 15) is 4.79 Å². The van der Waals surface area contributed by atoms with Crippen LogP contribution < -0.4 is 15.8 Å². The lowest BCUT2D eigenvalue weighted by Crippen LogP contribution is -2.15. The van der Waals surface area contributed by atoms with Crippen LogP contribution in [0.4, 0.5) is 11.5 Å². The highest BCUT2D eigenvalue weighted by Gasteiger charge is 2.13. The van der Waals surface area contributed by atoms with E-state index in [0.717, 1.165) is 5.56 Å². The van der Waals surface area contributed by atoms with Gasteiger partial charge in [0.15, 0.2) is 0 Å². The van der Waals surface area contributed by atoms with Gasteiger partial charge in [0.1, 0.15) is 17.3 Å². The van der Waals surface area contributed by atoms with E-state index in [2.05, 4.69) is 15.3 Å². The molecular formula is C13H13ClN4O2. The van der Waals surface area contributed by atoms with Gasteiger partial charge in [0.2, 0.25) is 0 Å². The number of anilines is 2. The number of carbonyl (C=O) groups is 1. The number of rotatable bonds is 3. The smallest absolute Gasteiger partial charge is 0.276 e. The van der Waals surface area contributed by atoms with Gasteiger partial charge in [-0.3, -0.25) is 9.78 Å². The molecular weight excluding hydrogens is 280 g/mol. The Balaban J connectivity index is 2.30. The van der Waals surface area contributed by atoms with Crippen LogP contribution in [0.2, 0.25) is 5.02 Å². The van der Waals surface area contributed by atoms with Crippen molar-refractivity contribution in [3.63, 3.8) is 0 Å². The van der Waals surface area contributed by atoms with Crippen molar-refractivity contribution < 1.29 is 9.53 Å². The molecule has 0 aliphatic heterocycles. The maximum Gasteiger partial charge on any atom is 0.276 e. The second kappa shape index (κ2) is 5.75. The lowest BCUT2D eigenvalue weighted by Gasteiger charge is -2.12. The maximum atomic E-state index is 12.1. The number of aromatic nitrogens is 2. The van der Waals surface area contributed by atoms with Crippen molar-refractivity contribution in [1.82, 2.24) is 9.97 Å². The van der Waals surface area contributed by atoms with Crippen LogP contribution in [-0.2, 0) is 0 Å². The molecule has 0 unspecified atom stereocenters. The zero-order valence-electron chi connectivity index (χ0n) is 11.0. The Kier molecular flexibility index (Phi) is 4.05. The highest BCUT2D eigenvalue weighted by Crippen LogP contribution is 2.31. The number of hydrogen-bond acceptors (Lipinski definition) is 5. The number of nitrogens with zero attached hydrogens (tertiary/aromatic N) is 2. The molecule has 0 bridgehead atoms. The molecule has 0 fully saturated rings. The fraction of sp³-hybridized carbons (Fsp3) is 0.154. The van der Waals surface area contributed by atoms with Gasteiger partial charge in [0.05, 0.1) is 25.2 Å². The molecule has 3 N–H and O–H groups in total. The molecule has 0 aliphatic carbocycles. The van der Waals surface area contributed by atoms with E-state index in [4.69, 9.17) is 22.1 Å². The summed E-state index contributed by atoms with van der Waals surface area (Å²) in [5, 5.41) is 3.25. The molecule has 0 aliphatic rings. The van der Waals surface area contributed by atoms with Crippen molar-refractivity contribution in [2.75, 3.05) is 18.2 Å². The summed E-state index contributed by atoms with van der Waals surface area (Å²) < 4.78 is 5.18. The van der Waals surface area contributed by atoms with Gasteiger partial charge in [-0.05, 0) is 18.6 Å². The van der Waals surface area contributed by atoms with Crippen molar-refractivity contribution >= 4 is 29.0 Å². The van der Waals surface area contributed by atoms with E-state index >= 15 is 0 Å². The number of ether oxygens (including phenoxy) is 1. The quantitative estimate of drug-likeness (QED) is 0.906. The molecule has 1 aromatic carbocycles. The standard InChI is InChI=1S/C13H13ClN4O2/c1-7-3-9(11(20-2)4-8(7)14)18-13(19)10-5-16-6-12(15)17-10/h3-6H,1-2H3,(H2,15,17)(H,18,19). The summed E-state index contributed by atoms with van der Waals surface area (Å²) >= 11 is 6.01. The van der Waals surface area contributed by atoms with Crippen molar-refractivity contribution in [1.29, 1.82) is 0 Å². The van der Waals surface area contributed by atoms with Crippen LogP contribution in [0, 0.1) is 6.92 Å². The third-order valence-corrected chi connectivity index (χ3v) is 3.02.